The molecule has 0 radical (unpaired) electrons. The minimum atomic E-state index is -3.61. The van der Waals surface area contributed by atoms with Gasteiger partial charge in [0.05, 0.1) is 10.6 Å². The molecule has 0 amide bonds. The van der Waals surface area contributed by atoms with E-state index in [0.29, 0.717) is 18.0 Å². The Labute approximate surface area is 132 Å². The molecular formula is C15H14BrNO3S. The fourth-order valence-corrected chi connectivity index (χ4v) is 2.95. The minimum absolute atomic E-state index is 0.197. The Kier molecular flexibility index (Phi) is 5.03. The quantitative estimate of drug-likeness (QED) is 0.789. The van der Waals surface area contributed by atoms with E-state index in [4.69, 9.17) is 4.74 Å². The average Bonchev–Trinajstić information content (AvgIpc) is 2.45. The Morgan fingerprint density at radius 2 is 1.90 bits per heavy atom. The SMILES string of the molecule is C=CCOc1cccc(NS(=O)(=O)c2ccc(Br)cc2)c1. The monoisotopic (exact) mass is 367 g/mol. The fraction of sp³-hybridized carbons (Fsp3) is 0.0667. The summed E-state index contributed by atoms with van der Waals surface area (Å²) >= 11 is 3.27. The number of hydrogen-bond acceptors (Lipinski definition) is 3. The first kappa shape index (κ1) is 15.6. The highest BCUT2D eigenvalue weighted by atomic mass is 79.9. The molecule has 0 unspecified atom stereocenters. The van der Waals surface area contributed by atoms with Gasteiger partial charge in [0.2, 0.25) is 0 Å². The maximum atomic E-state index is 12.3. The van der Waals surface area contributed by atoms with Crippen LogP contribution >= 0.6 is 15.9 Å². The molecule has 0 aromatic heterocycles. The van der Waals surface area contributed by atoms with Crippen molar-refractivity contribution in [1.29, 1.82) is 0 Å². The molecule has 0 atom stereocenters. The van der Waals surface area contributed by atoms with Crippen LogP contribution in [0.25, 0.3) is 0 Å². The zero-order valence-corrected chi connectivity index (χ0v) is 13.5. The first-order chi connectivity index (χ1) is 10.0. The lowest BCUT2D eigenvalue weighted by atomic mass is 10.3. The number of hydrogen-bond donors (Lipinski definition) is 1. The minimum Gasteiger partial charge on any atom is -0.489 e. The van der Waals surface area contributed by atoms with Gasteiger partial charge in [0, 0.05) is 10.5 Å². The lowest BCUT2D eigenvalue weighted by Crippen LogP contribution is -2.12. The van der Waals surface area contributed by atoms with E-state index in [1.807, 2.05) is 0 Å². The second kappa shape index (κ2) is 6.78. The van der Waals surface area contributed by atoms with E-state index < -0.39 is 10.0 Å². The highest BCUT2D eigenvalue weighted by molar-refractivity contribution is 9.10. The summed E-state index contributed by atoms with van der Waals surface area (Å²) in [4.78, 5) is 0.197. The second-order valence-corrected chi connectivity index (χ2v) is 6.79. The molecule has 0 aliphatic rings. The maximum absolute atomic E-state index is 12.3. The van der Waals surface area contributed by atoms with Gasteiger partial charge in [-0.1, -0.05) is 34.7 Å². The Hall–Kier alpha value is -1.79. The molecule has 0 fully saturated rings. The van der Waals surface area contributed by atoms with Crippen LogP contribution in [0, 0.1) is 0 Å². The summed E-state index contributed by atoms with van der Waals surface area (Å²) in [6.45, 7) is 3.93. The zero-order valence-electron chi connectivity index (χ0n) is 11.1. The van der Waals surface area contributed by atoms with E-state index in [1.54, 1.807) is 42.5 Å². The van der Waals surface area contributed by atoms with Gasteiger partial charge in [-0.05, 0) is 36.4 Å². The topological polar surface area (TPSA) is 55.4 Å². The van der Waals surface area contributed by atoms with Crippen molar-refractivity contribution in [2.24, 2.45) is 0 Å². The number of rotatable bonds is 6. The summed E-state index contributed by atoms with van der Waals surface area (Å²) in [5.74, 6) is 0.575. The van der Waals surface area contributed by atoms with Crippen molar-refractivity contribution in [3.63, 3.8) is 0 Å². The molecule has 2 aromatic rings. The number of sulfonamides is 1. The molecule has 2 rings (SSSR count). The summed E-state index contributed by atoms with van der Waals surface area (Å²) in [7, 11) is -3.61. The number of benzene rings is 2. The van der Waals surface area contributed by atoms with Crippen LogP contribution in [0.3, 0.4) is 0 Å². The Balaban J connectivity index is 2.20. The summed E-state index contributed by atoms with van der Waals surface area (Å²) in [6.07, 6.45) is 1.62. The third-order valence-electron chi connectivity index (χ3n) is 2.58. The molecule has 1 N–H and O–H groups in total. The number of nitrogens with one attached hydrogen (secondary N) is 1. The Bertz CT molecular complexity index is 727. The molecular weight excluding hydrogens is 354 g/mol. The van der Waals surface area contributed by atoms with E-state index in [9.17, 15) is 8.42 Å². The smallest absolute Gasteiger partial charge is 0.261 e. The van der Waals surface area contributed by atoms with E-state index in [0.717, 1.165) is 4.47 Å². The average molecular weight is 368 g/mol. The summed E-state index contributed by atoms with van der Waals surface area (Å²) < 4.78 is 33.2. The fourth-order valence-electron chi connectivity index (χ4n) is 1.63. The van der Waals surface area contributed by atoms with Crippen molar-refractivity contribution in [1.82, 2.24) is 0 Å². The van der Waals surface area contributed by atoms with E-state index in [2.05, 4.69) is 27.2 Å². The molecule has 0 aliphatic heterocycles. The van der Waals surface area contributed by atoms with Crippen LogP contribution < -0.4 is 9.46 Å². The highest BCUT2D eigenvalue weighted by Gasteiger charge is 2.14. The van der Waals surface area contributed by atoms with Crippen LogP contribution in [0.4, 0.5) is 5.69 Å². The molecule has 0 heterocycles. The van der Waals surface area contributed by atoms with Crippen LogP contribution in [-0.2, 0) is 10.0 Å². The van der Waals surface area contributed by atoms with Crippen LogP contribution in [0.5, 0.6) is 5.75 Å². The largest absolute Gasteiger partial charge is 0.489 e. The lowest BCUT2D eigenvalue weighted by molar-refractivity contribution is 0.363. The van der Waals surface area contributed by atoms with Gasteiger partial charge >= 0.3 is 0 Å². The summed E-state index contributed by atoms with van der Waals surface area (Å²) in [6, 6.07) is 13.2. The molecule has 0 saturated heterocycles. The zero-order chi connectivity index (χ0) is 15.3. The van der Waals surface area contributed by atoms with E-state index >= 15 is 0 Å². The van der Waals surface area contributed by atoms with Crippen LogP contribution in [0.2, 0.25) is 0 Å². The van der Waals surface area contributed by atoms with Gasteiger partial charge in [-0.25, -0.2) is 8.42 Å². The van der Waals surface area contributed by atoms with E-state index in [-0.39, 0.29) is 4.90 Å². The number of halogens is 1. The maximum Gasteiger partial charge on any atom is 0.261 e. The van der Waals surface area contributed by atoms with Gasteiger partial charge < -0.3 is 4.74 Å². The molecule has 6 heteroatoms. The predicted molar refractivity (Wildman–Crippen MR) is 87.1 cm³/mol. The van der Waals surface area contributed by atoms with Gasteiger partial charge in [-0.15, -0.1) is 0 Å². The molecule has 0 bridgehead atoms. The Morgan fingerprint density at radius 1 is 1.19 bits per heavy atom. The second-order valence-electron chi connectivity index (χ2n) is 4.19. The number of ether oxygens (including phenoxy) is 1. The molecule has 0 saturated carbocycles. The van der Waals surface area contributed by atoms with Crippen molar-refractivity contribution in [2.75, 3.05) is 11.3 Å². The summed E-state index contributed by atoms with van der Waals surface area (Å²) in [5.41, 5.74) is 0.444. The van der Waals surface area contributed by atoms with Gasteiger partial charge in [0.1, 0.15) is 12.4 Å². The van der Waals surface area contributed by atoms with Gasteiger partial charge in [0.15, 0.2) is 0 Å². The molecule has 21 heavy (non-hydrogen) atoms. The molecule has 2 aromatic carbocycles. The first-order valence-corrected chi connectivity index (χ1v) is 8.41. The van der Waals surface area contributed by atoms with Crippen molar-refractivity contribution in [3.05, 3.63) is 65.7 Å². The normalized spacial score (nSPS) is 10.9. The number of anilines is 1. The van der Waals surface area contributed by atoms with Crippen molar-refractivity contribution in [2.45, 2.75) is 4.90 Å². The molecule has 4 nitrogen and oxygen atoms in total. The van der Waals surface area contributed by atoms with Gasteiger partial charge in [0.25, 0.3) is 10.0 Å². The predicted octanol–water partition coefficient (Wildman–Crippen LogP) is 3.81. The van der Waals surface area contributed by atoms with Gasteiger partial charge in [-0.3, -0.25) is 4.72 Å². The van der Waals surface area contributed by atoms with Crippen LogP contribution in [0.15, 0.2) is 70.6 Å². The van der Waals surface area contributed by atoms with Crippen LogP contribution in [-0.4, -0.2) is 15.0 Å². The highest BCUT2D eigenvalue weighted by Crippen LogP contribution is 2.22. The molecule has 0 aliphatic carbocycles. The standard InChI is InChI=1S/C15H14BrNO3S/c1-2-10-20-14-5-3-4-13(11-14)17-21(18,19)15-8-6-12(16)7-9-15/h2-9,11,17H,1,10H2. The molecule has 0 spiro atoms. The third kappa shape index (κ3) is 4.34. The first-order valence-electron chi connectivity index (χ1n) is 6.13. The van der Waals surface area contributed by atoms with Crippen molar-refractivity contribution >= 4 is 31.6 Å². The van der Waals surface area contributed by atoms with Crippen molar-refractivity contribution in [3.8, 4) is 5.75 Å². The van der Waals surface area contributed by atoms with Crippen LogP contribution in [0.1, 0.15) is 0 Å². The van der Waals surface area contributed by atoms with E-state index in [1.165, 1.54) is 12.1 Å². The lowest BCUT2D eigenvalue weighted by Gasteiger charge is -2.10. The molecule has 110 valence electrons. The summed E-state index contributed by atoms with van der Waals surface area (Å²) in [5, 5.41) is 0. The van der Waals surface area contributed by atoms with Crippen molar-refractivity contribution < 1.29 is 13.2 Å². The third-order valence-corrected chi connectivity index (χ3v) is 4.50. The van der Waals surface area contributed by atoms with Gasteiger partial charge in [-0.2, -0.15) is 0 Å². The Morgan fingerprint density at radius 3 is 2.57 bits per heavy atom.